The largest absolute Gasteiger partial charge is 0.342 e. The number of carbonyl (C=O) groups excluding carboxylic acids is 2. The fraction of sp³-hybridized carbons (Fsp3) is 0.652. The van der Waals surface area contributed by atoms with E-state index in [0.717, 1.165) is 37.9 Å². The highest BCUT2D eigenvalue weighted by molar-refractivity contribution is 7.93. The third kappa shape index (κ3) is 5.00. The van der Waals surface area contributed by atoms with Gasteiger partial charge in [0.25, 0.3) is 5.91 Å². The summed E-state index contributed by atoms with van der Waals surface area (Å²) in [7, 11) is -0.671. The van der Waals surface area contributed by atoms with Gasteiger partial charge >= 0.3 is 0 Å². The minimum absolute atomic E-state index is 0.164. The fourth-order valence-corrected chi connectivity index (χ4v) is 6.68. The van der Waals surface area contributed by atoms with Crippen LogP contribution in [-0.4, -0.2) is 75.1 Å². The average molecular weight is 466 g/mol. The number of sulfone groups is 1. The van der Waals surface area contributed by atoms with E-state index in [1.165, 1.54) is 7.11 Å². The van der Waals surface area contributed by atoms with Gasteiger partial charge in [-0.25, -0.2) is 13.9 Å². The zero-order valence-corrected chi connectivity index (χ0v) is 20.1. The number of nitrogens with zero attached hydrogens (tertiary/aromatic N) is 2. The summed E-state index contributed by atoms with van der Waals surface area (Å²) >= 11 is 0. The first-order valence-corrected chi connectivity index (χ1v) is 12.8. The third-order valence-electron chi connectivity index (χ3n) is 6.93. The molecular weight excluding hydrogens is 430 g/mol. The van der Waals surface area contributed by atoms with Crippen molar-refractivity contribution in [3.05, 3.63) is 29.8 Å². The van der Waals surface area contributed by atoms with Crippen LogP contribution in [0.4, 0.5) is 0 Å². The number of hydrogen-bond donors (Lipinski definition) is 1. The van der Waals surface area contributed by atoms with Gasteiger partial charge in [-0.2, -0.15) is 0 Å². The molecule has 0 aromatic heterocycles. The minimum atomic E-state index is -3.90. The molecule has 1 atom stereocenters. The summed E-state index contributed by atoms with van der Waals surface area (Å²) in [6, 6.07) is 6.92. The maximum atomic E-state index is 13.6. The highest BCUT2D eigenvalue weighted by atomic mass is 32.2. The Bertz CT molecular complexity index is 908. The summed E-state index contributed by atoms with van der Waals surface area (Å²) in [5.41, 5.74) is 3.32. The monoisotopic (exact) mass is 465 g/mol. The number of piperidine rings is 1. The molecule has 0 radical (unpaired) electrons. The molecule has 0 aliphatic carbocycles. The molecule has 2 fully saturated rings. The van der Waals surface area contributed by atoms with Crippen LogP contribution in [0.2, 0.25) is 0 Å². The number of hydroxylamine groups is 1. The van der Waals surface area contributed by atoms with Gasteiger partial charge in [0.15, 0.2) is 14.6 Å². The van der Waals surface area contributed by atoms with E-state index in [1.807, 2.05) is 35.9 Å². The quantitative estimate of drug-likeness (QED) is 0.588. The number of aryl methyl sites for hydroxylation is 1. The Balaban J connectivity index is 1.69. The van der Waals surface area contributed by atoms with E-state index in [4.69, 9.17) is 4.84 Å². The number of likely N-dealkylation sites (tertiary alicyclic amines) is 2. The Morgan fingerprint density at radius 2 is 1.81 bits per heavy atom. The number of rotatable bonds is 8. The Morgan fingerprint density at radius 1 is 1.16 bits per heavy atom. The normalized spacial score (nSPS) is 21.5. The van der Waals surface area contributed by atoms with Crippen LogP contribution >= 0.6 is 0 Å². The molecular formula is C23H35N3O5S. The number of benzene rings is 1. The Morgan fingerprint density at radius 3 is 2.41 bits per heavy atom. The first-order chi connectivity index (χ1) is 15.2. The van der Waals surface area contributed by atoms with E-state index in [9.17, 15) is 18.0 Å². The Labute approximate surface area is 191 Å². The minimum Gasteiger partial charge on any atom is -0.342 e. The molecule has 8 nitrogen and oxygen atoms in total. The number of amides is 2. The topological polar surface area (TPSA) is 96.0 Å². The summed E-state index contributed by atoms with van der Waals surface area (Å²) in [5.74, 6) is 0.0844. The molecule has 0 spiro atoms. The van der Waals surface area contributed by atoms with Gasteiger partial charge in [0, 0.05) is 19.5 Å². The molecule has 32 heavy (non-hydrogen) atoms. The second-order valence-corrected chi connectivity index (χ2v) is 11.2. The molecule has 0 bridgehead atoms. The average Bonchev–Trinajstić information content (AvgIpc) is 3.27. The lowest BCUT2D eigenvalue weighted by molar-refractivity contribution is -0.135. The standard InChI is InChI=1S/C23H35N3O5S/c1-4-21(27)26-14-11-19(17-26)6-5-18-7-9-20(10-8-18)32(29,30)23(22(28)24-31-3)12-15-25(2)16-13-23/h7-10,19H,4-6,11-17H2,1-3H3,(H,24,28). The SMILES string of the molecule is CCC(=O)N1CCC(CCc2ccc(S(=O)(=O)C3(C(=O)NOC)CCN(C)CC3)cc2)C1. The first kappa shape index (κ1) is 24.7. The fourth-order valence-electron chi connectivity index (χ4n) is 4.73. The summed E-state index contributed by atoms with van der Waals surface area (Å²) < 4.78 is 25.6. The molecule has 9 heteroatoms. The zero-order chi connectivity index (χ0) is 23.4. The van der Waals surface area contributed by atoms with Crippen LogP contribution in [-0.2, 0) is 30.7 Å². The van der Waals surface area contributed by atoms with Crippen molar-refractivity contribution in [2.75, 3.05) is 40.3 Å². The Kier molecular flexibility index (Phi) is 7.95. The van der Waals surface area contributed by atoms with Crippen LogP contribution in [0.25, 0.3) is 0 Å². The van der Waals surface area contributed by atoms with Crippen LogP contribution in [0.3, 0.4) is 0 Å². The summed E-state index contributed by atoms with van der Waals surface area (Å²) in [6.07, 6.45) is 3.80. The van der Waals surface area contributed by atoms with Gasteiger partial charge < -0.3 is 9.80 Å². The zero-order valence-electron chi connectivity index (χ0n) is 19.3. The van der Waals surface area contributed by atoms with Crippen molar-refractivity contribution in [3.8, 4) is 0 Å². The highest BCUT2D eigenvalue weighted by Crippen LogP contribution is 2.36. The van der Waals surface area contributed by atoms with Gasteiger partial charge in [-0.1, -0.05) is 19.1 Å². The van der Waals surface area contributed by atoms with Crippen molar-refractivity contribution in [1.29, 1.82) is 0 Å². The van der Waals surface area contributed by atoms with E-state index >= 15 is 0 Å². The van der Waals surface area contributed by atoms with Crippen LogP contribution in [0.1, 0.15) is 44.6 Å². The lowest BCUT2D eigenvalue weighted by Gasteiger charge is -2.38. The molecule has 0 saturated carbocycles. The van der Waals surface area contributed by atoms with E-state index in [0.29, 0.717) is 25.4 Å². The van der Waals surface area contributed by atoms with Crippen molar-refractivity contribution in [1.82, 2.24) is 15.3 Å². The maximum absolute atomic E-state index is 13.6. The van der Waals surface area contributed by atoms with Crippen LogP contribution in [0.15, 0.2) is 29.2 Å². The maximum Gasteiger partial charge on any atom is 0.265 e. The molecule has 2 heterocycles. The van der Waals surface area contributed by atoms with E-state index in [1.54, 1.807) is 12.1 Å². The van der Waals surface area contributed by atoms with Gasteiger partial charge in [-0.3, -0.25) is 14.4 Å². The van der Waals surface area contributed by atoms with Crippen LogP contribution in [0, 0.1) is 5.92 Å². The first-order valence-electron chi connectivity index (χ1n) is 11.4. The smallest absolute Gasteiger partial charge is 0.265 e. The van der Waals surface area contributed by atoms with Crippen molar-refractivity contribution < 1.29 is 22.8 Å². The van der Waals surface area contributed by atoms with Gasteiger partial charge in [0.2, 0.25) is 5.91 Å². The second-order valence-electron chi connectivity index (χ2n) is 8.97. The molecule has 178 valence electrons. The predicted octanol–water partition coefficient (Wildman–Crippen LogP) is 1.79. The van der Waals surface area contributed by atoms with E-state index < -0.39 is 20.5 Å². The summed E-state index contributed by atoms with van der Waals surface area (Å²) in [4.78, 5) is 33.5. The highest BCUT2D eigenvalue weighted by Gasteiger charge is 2.52. The lowest BCUT2D eigenvalue weighted by Crippen LogP contribution is -2.57. The molecule has 2 aliphatic rings. The second kappa shape index (κ2) is 10.3. The molecule has 2 amide bonds. The number of carbonyl (C=O) groups is 2. The van der Waals surface area contributed by atoms with Gasteiger partial charge in [-0.15, -0.1) is 0 Å². The third-order valence-corrected chi connectivity index (χ3v) is 9.45. The van der Waals surface area contributed by atoms with Crippen molar-refractivity contribution >= 4 is 21.7 Å². The van der Waals surface area contributed by atoms with E-state index in [2.05, 4.69) is 5.48 Å². The Hall–Kier alpha value is -1.97. The van der Waals surface area contributed by atoms with E-state index in [-0.39, 0.29) is 23.6 Å². The molecule has 2 aliphatic heterocycles. The molecule has 1 aromatic carbocycles. The van der Waals surface area contributed by atoms with Gasteiger partial charge in [-0.05, 0) is 75.9 Å². The summed E-state index contributed by atoms with van der Waals surface area (Å²) in [5, 5.41) is 0. The lowest BCUT2D eigenvalue weighted by atomic mass is 9.95. The molecule has 1 N–H and O–H groups in total. The molecule has 1 aromatic rings. The molecule has 3 rings (SSSR count). The molecule has 2 saturated heterocycles. The van der Waals surface area contributed by atoms with Gasteiger partial charge in [0.05, 0.1) is 12.0 Å². The molecule has 1 unspecified atom stereocenters. The predicted molar refractivity (Wildman–Crippen MR) is 122 cm³/mol. The van der Waals surface area contributed by atoms with Crippen LogP contribution < -0.4 is 5.48 Å². The van der Waals surface area contributed by atoms with Crippen LogP contribution in [0.5, 0.6) is 0 Å². The van der Waals surface area contributed by atoms with Crippen molar-refractivity contribution in [2.45, 2.75) is 55.1 Å². The van der Waals surface area contributed by atoms with Crippen molar-refractivity contribution in [3.63, 3.8) is 0 Å². The summed E-state index contributed by atoms with van der Waals surface area (Å²) in [6.45, 7) is 4.57. The van der Waals surface area contributed by atoms with Crippen molar-refractivity contribution in [2.24, 2.45) is 5.92 Å². The number of nitrogens with one attached hydrogen (secondary N) is 1. The van der Waals surface area contributed by atoms with Gasteiger partial charge in [0.1, 0.15) is 0 Å². The number of hydrogen-bond acceptors (Lipinski definition) is 6.